The molecule has 1 aromatic carbocycles. The van der Waals surface area contributed by atoms with Crippen molar-refractivity contribution in [1.82, 2.24) is 19.7 Å². The summed E-state index contributed by atoms with van der Waals surface area (Å²) in [5.41, 5.74) is 1.99. The molecular weight excluding hydrogens is 498 g/mol. The van der Waals surface area contributed by atoms with Gasteiger partial charge in [0.2, 0.25) is 5.91 Å². The SMILES string of the molecule is CCn1c(SCC(=O)Nc2sc(C(=O)N(C)C)c(C)c2C(=O)OC)nnc1C1CC1c1ccccc1. The second-order valence-electron chi connectivity index (χ2n) is 8.73. The molecule has 0 saturated heterocycles. The van der Waals surface area contributed by atoms with E-state index in [2.05, 4.69) is 44.3 Å². The van der Waals surface area contributed by atoms with Crippen LogP contribution in [0, 0.1) is 6.92 Å². The molecule has 36 heavy (non-hydrogen) atoms. The summed E-state index contributed by atoms with van der Waals surface area (Å²) in [7, 11) is 4.54. The third-order valence-electron chi connectivity index (χ3n) is 6.13. The second-order valence-corrected chi connectivity index (χ2v) is 10.7. The van der Waals surface area contributed by atoms with Crippen LogP contribution in [-0.2, 0) is 16.1 Å². The highest BCUT2D eigenvalue weighted by atomic mass is 32.2. The van der Waals surface area contributed by atoms with Crippen molar-refractivity contribution in [2.75, 3.05) is 32.3 Å². The summed E-state index contributed by atoms with van der Waals surface area (Å²) in [5.74, 6) is 0.651. The minimum absolute atomic E-state index is 0.0828. The zero-order valence-corrected chi connectivity index (χ0v) is 22.5. The highest BCUT2D eigenvalue weighted by Crippen LogP contribution is 2.54. The predicted molar refractivity (Wildman–Crippen MR) is 140 cm³/mol. The zero-order chi connectivity index (χ0) is 26.0. The van der Waals surface area contributed by atoms with Gasteiger partial charge >= 0.3 is 5.97 Å². The lowest BCUT2D eigenvalue weighted by Gasteiger charge is -2.08. The van der Waals surface area contributed by atoms with Gasteiger partial charge in [-0.3, -0.25) is 9.59 Å². The number of nitrogens with one attached hydrogen (secondary N) is 1. The summed E-state index contributed by atoms with van der Waals surface area (Å²) in [6.45, 7) is 4.42. The number of thioether (sulfide) groups is 1. The van der Waals surface area contributed by atoms with Gasteiger partial charge in [-0.25, -0.2) is 4.79 Å². The zero-order valence-electron chi connectivity index (χ0n) is 20.9. The Balaban J connectivity index is 1.45. The van der Waals surface area contributed by atoms with E-state index in [-0.39, 0.29) is 23.1 Å². The first-order valence-corrected chi connectivity index (χ1v) is 13.4. The Morgan fingerprint density at radius 2 is 1.92 bits per heavy atom. The van der Waals surface area contributed by atoms with Crippen molar-refractivity contribution in [3.05, 3.63) is 57.7 Å². The van der Waals surface area contributed by atoms with E-state index in [1.165, 1.54) is 29.3 Å². The molecule has 0 radical (unpaired) electrons. The smallest absolute Gasteiger partial charge is 0.341 e. The molecule has 1 saturated carbocycles. The highest BCUT2D eigenvalue weighted by molar-refractivity contribution is 7.99. The maximum absolute atomic E-state index is 12.8. The summed E-state index contributed by atoms with van der Waals surface area (Å²) in [6.07, 6.45) is 1.04. The van der Waals surface area contributed by atoms with E-state index in [0.717, 1.165) is 23.6 Å². The van der Waals surface area contributed by atoms with Crippen LogP contribution in [0.4, 0.5) is 5.00 Å². The number of aromatic nitrogens is 3. The third kappa shape index (κ3) is 5.17. The normalized spacial score (nSPS) is 16.5. The molecule has 1 aliphatic carbocycles. The molecule has 0 aliphatic heterocycles. The Morgan fingerprint density at radius 1 is 1.19 bits per heavy atom. The van der Waals surface area contributed by atoms with E-state index < -0.39 is 5.97 Å². The van der Waals surface area contributed by atoms with Crippen LogP contribution in [0.5, 0.6) is 0 Å². The number of anilines is 1. The molecule has 1 fully saturated rings. The summed E-state index contributed by atoms with van der Waals surface area (Å²) >= 11 is 2.37. The number of amides is 2. The van der Waals surface area contributed by atoms with Crippen LogP contribution in [0.1, 0.15) is 62.2 Å². The molecule has 2 unspecified atom stereocenters. The number of carbonyl (C=O) groups is 3. The van der Waals surface area contributed by atoms with Crippen LogP contribution in [0.25, 0.3) is 0 Å². The number of nitrogens with zero attached hydrogens (tertiary/aromatic N) is 4. The number of rotatable bonds is 9. The van der Waals surface area contributed by atoms with Gasteiger partial charge in [0.05, 0.1) is 23.3 Å². The van der Waals surface area contributed by atoms with Crippen molar-refractivity contribution in [3.63, 3.8) is 0 Å². The molecule has 0 bridgehead atoms. The predicted octanol–water partition coefficient (Wildman–Crippen LogP) is 4.16. The molecule has 2 atom stereocenters. The maximum Gasteiger partial charge on any atom is 0.341 e. The number of carbonyl (C=O) groups excluding carboxylic acids is 3. The number of esters is 1. The van der Waals surface area contributed by atoms with Gasteiger partial charge in [-0.1, -0.05) is 42.1 Å². The molecule has 11 heteroatoms. The molecule has 9 nitrogen and oxygen atoms in total. The van der Waals surface area contributed by atoms with Crippen molar-refractivity contribution in [1.29, 1.82) is 0 Å². The fourth-order valence-corrected chi connectivity index (χ4v) is 6.22. The van der Waals surface area contributed by atoms with Crippen LogP contribution < -0.4 is 5.32 Å². The molecule has 2 heterocycles. The van der Waals surface area contributed by atoms with Crippen LogP contribution in [0.3, 0.4) is 0 Å². The molecule has 1 N–H and O–H groups in total. The Morgan fingerprint density at radius 3 is 2.56 bits per heavy atom. The molecule has 190 valence electrons. The van der Waals surface area contributed by atoms with Crippen molar-refractivity contribution < 1.29 is 19.1 Å². The van der Waals surface area contributed by atoms with Crippen molar-refractivity contribution in [2.45, 2.75) is 43.8 Å². The van der Waals surface area contributed by atoms with Gasteiger partial charge in [-0.05, 0) is 37.3 Å². The van der Waals surface area contributed by atoms with Crippen LogP contribution in [0.2, 0.25) is 0 Å². The summed E-state index contributed by atoms with van der Waals surface area (Å²) in [5, 5.41) is 12.6. The van der Waals surface area contributed by atoms with E-state index in [0.29, 0.717) is 39.0 Å². The fraction of sp³-hybridized carbons (Fsp3) is 0.400. The Bertz CT molecular complexity index is 1290. The summed E-state index contributed by atoms with van der Waals surface area (Å²) < 4.78 is 6.95. The van der Waals surface area contributed by atoms with Gasteiger partial charge in [0, 0.05) is 26.6 Å². The second kappa shape index (κ2) is 10.8. The van der Waals surface area contributed by atoms with Gasteiger partial charge < -0.3 is 19.5 Å². The first kappa shape index (κ1) is 25.9. The van der Waals surface area contributed by atoms with Gasteiger partial charge in [0.15, 0.2) is 5.16 Å². The van der Waals surface area contributed by atoms with E-state index in [9.17, 15) is 14.4 Å². The van der Waals surface area contributed by atoms with Crippen LogP contribution in [0.15, 0.2) is 35.5 Å². The number of thiophene rings is 1. The van der Waals surface area contributed by atoms with E-state index >= 15 is 0 Å². The maximum atomic E-state index is 12.8. The van der Waals surface area contributed by atoms with Gasteiger partial charge in [-0.15, -0.1) is 21.5 Å². The number of methoxy groups -OCH3 is 1. The minimum atomic E-state index is -0.600. The largest absolute Gasteiger partial charge is 0.465 e. The highest BCUT2D eigenvalue weighted by Gasteiger charge is 2.43. The average Bonchev–Trinajstić information content (AvgIpc) is 3.46. The Kier molecular flexibility index (Phi) is 7.79. The lowest BCUT2D eigenvalue weighted by molar-refractivity contribution is -0.113. The van der Waals surface area contributed by atoms with Crippen molar-refractivity contribution >= 4 is 45.9 Å². The van der Waals surface area contributed by atoms with Gasteiger partial charge in [0.25, 0.3) is 5.91 Å². The van der Waals surface area contributed by atoms with Crippen molar-refractivity contribution in [2.24, 2.45) is 0 Å². The third-order valence-corrected chi connectivity index (χ3v) is 8.30. The minimum Gasteiger partial charge on any atom is -0.465 e. The Hall–Kier alpha value is -3.18. The molecule has 2 aromatic heterocycles. The molecule has 0 spiro atoms. The monoisotopic (exact) mass is 527 g/mol. The quantitative estimate of drug-likeness (QED) is 0.329. The molecule has 4 rings (SSSR count). The summed E-state index contributed by atoms with van der Waals surface area (Å²) in [6, 6.07) is 10.4. The lowest BCUT2D eigenvalue weighted by Crippen LogP contribution is -2.21. The standard InChI is InChI=1S/C25H29N5O4S2/c1-6-30-21(17-12-16(17)15-10-8-7-9-11-15)27-28-25(30)35-13-18(31)26-22-19(24(33)34-5)14(2)20(36-22)23(32)29(3)4/h7-11,16-17H,6,12-13H2,1-5H3,(H,26,31). The van der Waals surface area contributed by atoms with Crippen molar-refractivity contribution in [3.8, 4) is 0 Å². The van der Waals surface area contributed by atoms with E-state index in [1.807, 2.05) is 13.0 Å². The van der Waals surface area contributed by atoms with Crippen LogP contribution >= 0.6 is 23.1 Å². The number of benzene rings is 1. The fourth-order valence-electron chi connectivity index (χ4n) is 4.18. The number of hydrogen-bond donors (Lipinski definition) is 1. The van der Waals surface area contributed by atoms with E-state index in [4.69, 9.17) is 4.74 Å². The van der Waals surface area contributed by atoms with Gasteiger partial charge in [-0.2, -0.15) is 0 Å². The molecule has 1 aliphatic rings. The van der Waals surface area contributed by atoms with Gasteiger partial charge in [0.1, 0.15) is 10.8 Å². The first-order valence-electron chi connectivity index (χ1n) is 11.6. The van der Waals surface area contributed by atoms with E-state index in [1.54, 1.807) is 21.0 Å². The molecule has 3 aromatic rings. The first-order chi connectivity index (χ1) is 17.3. The molecular formula is C25H29N5O4S2. The van der Waals surface area contributed by atoms with Crippen LogP contribution in [-0.4, -0.2) is 64.4 Å². The lowest BCUT2D eigenvalue weighted by atomic mass is 10.1. The topological polar surface area (TPSA) is 106 Å². The Labute approximate surface area is 218 Å². The average molecular weight is 528 g/mol. The summed E-state index contributed by atoms with van der Waals surface area (Å²) in [4.78, 5) is 39.6. The molecule has 2 amide bonds. The number of ether oxygens (including phenoxy) is 1. The number of hydrogen-bond acceptors (Lipinski definition) is 8.